The maximum atomic E-state index is 11.0. The van der Waals surface area contributed by atoms with Gasteiger partial charge in [-0.15, -0.1) is 0 Å². The van der Waals surface area contributed by atoms with Gasteiger partial charge in [-0.2, -0.15) is 0 Å². The molecule has 0 aliphatic heterocycles. The van der Waals surface area contributed by atoms with Gasteiger partial charge in [-0.1, -0.05) is 12.8 Å². The number of rotatable bonds is 4. The summed E-state index contributed by atoms with van der Waals surface area (Å²) in [5.74, 6) is 0.0897. The van der Waals surface area contributed by atoms with Gasteiger partial charge in [-0.25, -0.2) is 0 Å². The van der Waals surface area contributed by atoms with Crippen molar-refractivity contribution in [3.05, 3.63) is 0 Å². The molecule has 0 spiro atoms. The van der Waals surface area contributed by atoms with E-state index in [9.17, 15) is 4.79 Å². The summed E-state index contributed by atoms with van der Waals surface area (Å²) in [6.07, 6.45) is 6.83. The Morgan fingerprint density at radius 2 is 1.93 bits per heavy atom. The highest BCUT2D eigenvalue weighted by Crippen LogP contribution is 2.30. The zero-order valence-corrected chi connectivity index (χ0v) is 8.54. The molecule has 0 bridgehead atoms. The van der Waals surface area contributed by atoms with Gasteiger partial charge in [-0.05, 0) is 38.1 Å². The summed E-state index contributed by atoms with van der Waals surface area (Å²) in [6.45, 7) is 1.04. The van der Waals surface area contributed by atoms with Crippen LogP contribution in [0.4, 0.5) is 0 Å². The van der Waals surface area contributed by atoms with E-state index in [2.05, 4.69) is 5.32 Å². The predicted octanol–water partition coefficient (Wildman–Crippen LogP) is 1.63. The molecule has 0 radical (unpaired) electrons. The lowest BCUT2D eigenvalue weighted by Crippen LogP contribution is -2.43. The van der Waals surface area contributed by atoms with Crippen LogP contribution < -0.4 is 5.32 Å². The third kappa shape index (κ3) is 2.47. The molecule has 0 amide bonds. The first-order valence-corrected chi connectivity index (χ1v) is 5.73. The second-order valence-corrected chi connectivity index (χ2v) is 4.69. The highest BCUT2D eigenvalue weighted by atomic mass is 16.4. The first-order valence-electron chi connectivity index (χ1n) is 5.73. The molecule has 3 nitrogen and oxygen atoms in total. The molecule has 2 fully saturated rings. The Balaban J connectivity index is 1.81. The summed E-state index contributed by atoms with van der Waals surface area (Å²) in [5, 5.41) is 12.5. The van der Waals surface area contributed by atoms with Gasteiger partial charge in [0, 0.05) is 6.04 Å². The fourth-order valence-electron chi connectivity index (χ4n) is 2.31. The number of carboxylic acid groups (broad SMARTS) is 1. The van der Waals surface area contributed by atoms with Crippen molar-refractivity contribution in [2.45, 2.75) is 44.6 Å². The Morgan fingerprint density at radius 3 is 2.57 bits per heavy atom. The van der Waals surface area contributed by atoms with E-state index in [-0.39, 0.29) is 12.0 Å². The number of aliphatic carboxylic acids is 1. The Hall–Kier alpha value is -0.570. The quantitative estimate of drug-likeness (QED) is 0.720. The lowest BCUT2D eigenvalue weighted by atomic mass is 9.84. The average Bonchev–Trinajstić information content (AvgIpc) is 2.98. The maximum Gasteiger partial charge on any atom is 0.308 e. The third-order valence-electron chi connectivity index (χ3n) is 3.45. The monoisotopic (exact) mass is 197 g/mol. The summed E-state index contributed by atoms with van der Waals surface area (Å²) in [5.41, 5.74) is 0. The largest absolute Gasteiger partial charge is 0.481 e. The fourth-order valence-corrected chi connectivity index (χ4v) is 2.31. The van der Waals surface area contributed by atoms with E-state index in [0.29, 0.717) is 0 Å². The maximum absolute atomic E-state index is 11.0. The molecule has 0 aromatic carbocycles. The smallest absolute Gasteiger partial charge is 0.308 e. The first kappa shape index (κ1) is 9.97. The summed E-state index contributed by atoms with van der Waals surface area (Å²) in [4.78, 5) is 11.0. The molecular weight excluding hydrogens is 178 g/mol. The van der Waals surface area contributed by atoms with Crippen LogP contribution in [0.15, 0.2) is 0 Å². The zero-order chi connectivity index (χ0) is 9.97. The topological polar surface area (TPSA) is 49.3 Å². The normalized spacial score (nSPS) is 32.9. The van der Waals surface area contributed by atoms with Gasteiger partial charge in [0.25, 0.3) is 0 Å². The molecular formula is C11H19NO2. The molecule has 0 aromatic heterocycles. The van der Waals surface area contributed by atoms with Crippen molar-refractivity contribution in [3.63, 3.8) is 0 Å². The van der Waals surface area contributed by atoms with E-state index in [1.165, 1.54) is 19.3 Å². The van der Waals surface area contributed by atoms with Crippen LogP contribution in [0.2, 0.25) is 0 Å². The van der Waals surface area contributed by atoms with E-state index >= 15 is 0 Å². The molecule has 80 valence electrons. The molecule has 2 N–H and O–H groups in total. The van der Waals surface area contributed by atoms with Crippen molar-refractivity contribution < 1.29 is 9.90 Å². The van der Waals surface area contributed by atoms with Crippen LogP contribution in [0.5, 0.6) is 0 Å². The lowest BCUT2D eigenvalue weighted by Gasteiger charge is -2.29. The minimum absolute atomic E-state index is 0.137. The van der Waals surface area contributed by atoms with E-state index in [1.54, 1.807) is 0 Å². The lowest BCUT2D eigenvalue weighted by molar-refractivity contribution is -0.143. The van der Waals surface area contributed by atoms with Crippen LogP contribution in [-0.4, -0.2) is 23.7 Å². The molecule has 2 unspecified atom stereocenters. The highest BCUT2D eigenvalue weighted by Gasteiger charge is 2.31. The third-order valence-corrected chi connectivity index (χ3v) is 3.45. The van der Waals surface area contributed by atoms with Crippen LogP contribution in [-0.2, 0) is 4.79 Å². The molecule has 2 saturated carbocycles. The number of nitrogens with one attached hydrogen (secondary N) is 1. The van der Waals surface area contributed by atoms with E-state index in [1.807, 2.05) is 0 Å². The Labute approximate surface area is 84.9 Å². The van der Waals surface area contributed by atoms with Crippen LogP contribution in [0.1, 0.15) is 38.5 Å². The molecule has 2 aliphatic carbocycles. The van der Waals surface area contributed by atoms with Gasteiger partial charge in [0.15, 0.2) is 0 Å². The highest BCUT2D eigenvalue weighted by molar-refractivity contribution is 5.71. The minimum Gasteiger partial charge on any atom is -0.481 e. The van der Waals surface area contributed by atoms with Gasteiger partial charge in [0.05, 0.1) is 5.92 Å². The zero-order valence-electron chi connectivity index (χ0n) is 8.54. The first-order chi connectivity index (χ1) is 6.77. The molecule has 0 aromatic rings. The van der Waals surface area contributed by atoms with Crippen molar-refractivity contribution in [1.29, 1.82) is 0 Å². The minimum atomic E-state index is -0.613. The molecule has 2 aliphatic rings. The molecule has 2 atom stereocenters. The Bertz CT molecular complexity index is 213. The molecule has 3 heteroatoms. The predicted molar refractivity (Wildman–Crippen MR) is 54.1 cm³/mol. The van der Waals surface area contributed by atoms with Crippen LogP contribution in [0.3, 0.4) is 0 Å². The summed E-state index contributed by atoms with van der Waals surface area (Å²) in [6, 6.07) is 0.238. The van der Waals surface area contributed by atoms with Crippen molar-refractivity contribution >= 4 is 5.97 Å². The van der Waals surface area contributed by atoms with E-state index in [0.717, 1.165) is 31.7 Å². The van der Waals surface area contributed by atoms with Crippen molar-refractivity contribution in [2.75, 3.05) is 6.54 Å². The molecule has 0 saturated heterocycles. The van der Waals surface area contributed by atoms with E-state index in [4.69, 9.17) is 5.11 Å². The van der Waals surface area contributed by atoms with Gasteiger partial charge >= 0.3 is 5.97 Å². The summed E-state index contributed by atoms with van der Waals surface area (Å²) < 4.78 is 0. The van der Waals surface area contributed by atoms with Gasteiger partial charge < -0.3 is 10.4 Å². The molecule has 0 heterocycles. The van der Waals surface area contributed by atoms with E-state index < -0.39 is 5.97 Å². The number of hydrogen-bond donors (Lipinski definition) is 2. The second kappa shape index (κ2) is 4.30. The van der Waals surface area contributed by atoms with Crippen LogP contribution >= 0.6 is 0 Å². The second-order valence-electron chi connectivity index (χ2n) is 4.69. The van der Waals surface area contributed by atoms with Crippen LogP contribution in [0, 0.1) is 11.8 Å². The standard InChI is InChI=1S/C11H19NO2/c13-11(14)9-3-1-2-4-10(9)12-7-8-5-6-8/h8-10,12H,1-7H2,(H,13,14). The molecule has 14 heavy (non-hydrogen) atoms. The van der Waals surface area contributed by atoms with Gasteiger partial charge in [0.2, 0.25) is 0 Å². The summed E-state index contributed by atoms with van der Waals surface area (Å²) in [7, 11) is 0. The van der Waals surface area contributed by atoms with Gasteiger partial charge in [0.1, 0.15) is 0 Å². The van der Waals surface area contributed by atoms with Crippen LogP contribution in [0.25, 0.3) is 0 Å². The molecule has 2 rings (SSSR count). The number of carboxylic acids is 1. The SMILES string of the molecule is O=C(O)C1CCCCC1NCC1CC1. The van der Waals surface area contributed by atoms with Crippen molar-refractivity contribution in [2.24, 2.45) is 11.8 Å². The average molecular weight is 197 g/mol. The Kier molecular flexibility index (Phi) is 3.06. The fraction of sp³-hybridized carbons (Fsp3) is 0.909. The van der Waals surface area contributed by atoms with Crippen molar-refractivity contribution in [3.8, 4) is 0 Å². The summed E-state index contributed by atoms with van der Waals surface area (Å²) >= 11 is 0. The van der Waals surface area contributed by atoms with Gasteiger partial charge in [-0.3, -0.25) is 4.79 Å². The van der Waals surface area contributed by atoms with Crippen molar-refractivity contribution in [1.82, 2.24) is 5.32 Å². The number of carbonyl (C=O) groups is 1. The Morgan fingerprint density at radius 1 is 1.21 bits per heavy atom. The number of hydrogen-bond acceptors (Lipinski definition) is 2.